The highest BCUT2D eigenvalue weighted by Gasteiger charge is 2.19. The van der Waals surface area contributed by atoms with Crippen LogP contribution in [0.5, 0.6) is 0 Å². The van der Waals surface area contributed by atoms with Crippen molar-refractivity contribution in [3.63, 3.8) is 0 Å². The van der Waals surface area contributed by atoms with E-state index >= 15 is 0 Å². The van der Waals surface area contributed by atoms with E-state index in [1.54, 1.807) is 0 Å². The van der Waals surface area contributed by atoms with Crippen LogP contribution in [0.2, 0.25) is 0 Å². The van der Waals surface area contributed by atoms with E-state index in [1.807, 2.05) is 0 Å². The Hall–Kier alpha value is -0.0800. The van der Waals surface area contributed by atoms with Crippen LogP contribution in [-0.4, -0.2) is 25.8 Å². The van der Waals surface area contributed by atoms with Crippen LogP contribution in [0.15, 0.2) is 0 Å². The van der Waals surface area contributed by atoms with Crippen molar-refractivity contribution in [3.8, 4) is 0 Å². The second-order valence-electron chi connectivity index (χ2n) is 5.18. The van der Waals surface area contributed by atoms with E-state index in [-0.39, 0.29) is 0 Å². The molecule has 2 nitrogen and oxygen atoms in total. The zero-order valence-electron chi connectivity index (χ0n) is 9.94. The first-order valence-electron chi connectivity index (χ1n) is 5.95. The average molecular weight is 199 g/mol. The molecule has 0 atom stereocenters. The molecule has 1 aliphatic rings. The van der Waals surface area contributed by atoms with Gasteiger partial charge in [-0.1, -0.05) is 27.2 Å². The fourth-order valence-corrected chi connectivity index (χ4v) is 2.09. The van der Waals surface area contributed by atoms with Crippen molar-refractivity contribution < 1.29 is 4.74 Å². The summed E-state index contributed by atoms with van der Waals surface area (Å²) in [7, 11) is 0. The maximum Gasteiger partial charge on any atom is 0.0480 e. The average Bonchev–Trinajstić information content (AvgIpc) is 2.17. The summed E-state index contributed by atoms with van der Waals surface area (Å²) in [4.78, 5) is 0. The van der Waals surface area contributed by atoms with Crippen LogP contribution >= 0.6 is 0 Å². The van der Waals surface area contributed by atoms with Crippen molar-refractivity contribution in [3.05, 3.63) is 0 Å². The third-order valence-corrected chi connectivity index (χ3v) is 3.02. The number of hydrogen-bond donors (Lipinski definition) is 1. The highest BCUT2D eigenvalue weighted by atomic mass is 16.5. The van der Waals surface area contributed by atoms with Crippen LogP contribution in [0, 0.1) is 5.41 Å². The Morgan fingerprint density at radius 2 is 1.93 bits per heavy atom. The first-order valence-corrected chi connectivity index (χ1v) is 5.95. The summed E-state index contributed by atoms with van der Waals surface area (Å²) >= 11 is 0. The number of hydrogen-bond acceptors (Lipinski definition) is 2. The van der Waals surface area contributed by atoms with Gasteiger partial charge in [0.15, 0.2) is 0 Å². The molecule has 0 amide bonds. The summed E-state index contributed by atoms with van der Waals surface area (Å²) in [5.74, 6) is 0. The molecule has 0 unspecified atom stereocenters. The molecule has 1 heterocycles. The van der Waals surface area contributed by atoms with E-state index in [4.69, 9.17) is 4.74 Å². The van der Waals surface area contributed by atoms with Gasteiger partial charge in [-0.05, 0) is 24.7 Å². The number of ether oxygens (including phenoxy) is 1. The molecule has 1 N–H and O–H groups in total. The van der Waals surface area contributed by atoms with Crippen LogP contribution in [-0.2, 0) is 4.74 Å². The first-order chi connectivity index (χ1) is 6.64. The quantitative estimate of drug-likeness (QED) is 0.735. The van der Waals surface area contributed by atoms with Gasteiger partial charge in [-0.2, -0.15) is 0 Å². The van der Waals surface area contributed by atoms with Gasteiger partial charge in [-0.15, -0.1) is 0 Å². The Labute approximate surface area is 88.4 Å². The van der Waals surface area contributed by atoms with Crippen LogP contribution in [0.25, 0.3) is 0 Å². The Balaban J connectivity index is 2.17. The maximum absolute atomic E-state index is 5.34. The van der Waals surface area contributed by atoms with Crippen LogP contribution < -0.4 is 5.32 Å². The van der Waals surface area contributed by atoms with E-state index in [2.05, 4.69) is 26.1 Å². The summed E-state index contributed by atoms with van der Waals surface area (Å²) in [6.07, 6.45) is 4.95. The van der Waals surface area contributed by atoms with E-state index in [0.29, 0.717) is 11.5 Å². The fourth-order valence-electron chi connectivity index (χ4n) is 2.09. The predicted octanol–water partition coefficient (Wildman–Crippen LogP) is 2.58. The Kier molecular flexibility index (Phi) is 4.90. The zero-order chi connectivity index (χ0) is 10.4. The molecule has 2 heteroatoms. The molecule has 0 saturated carbocycles. The SMILES string of the molecule is CCCC(C)(C)CNC1CCOCC1. The highest BCUT2D eigenvalue weighted by molar-refractivity contribution is 4.76. The molecular weight excluding hydrogens is 174 g/mol. The van der Waals surface area contributed by atoms with Crippen molar-refractivity contribution in [2.24, 2.45) is 5.41 Å². The molecule has 0 spiro atoms. The van der Waals surface area contributed by atoms with Crippen molar-refractivity contribution in [1.82, 2.24) is 5.32 Å². The van der Waals surface area contributed by atoms with Crippen molar-refractivity contribution >= 4 is 0 Å². The summed E-state index contributed by atoms with van der Waals surface area (Å²) in [6.45, 7) is 9.98. The molecular formula is C12H25NO. The van der Waals surface area contributed by atoms with Gasteiger partial charge >= 0.3 is 0 Å². The van der Waals surface area contributed by atoms with Crippen molar-refractivity contribution in [2.75, 3.05) is 19.8 Å². The van der Waals surface area contributed by atoms with Gasteiger partial charge in [0.05, 0.1) is 0 Å². The molecule has 0 radical (unpaired) electrons. The van der Waals surface area contributed by atoms with E-state index in [1.165, 1.54) is 25.7 Å². The van der Waals surface area contributed by atoms with Gasteiger partial charge < -0.3 is 10.1 Å². The minimum Gasteiger partial charge on any atom is -0.381 e. The second kappa shape index (κ2) is 5.72. The molecule has 1 saturated heterocycles. The fraction of sp³-hybridized carbons (Fsp3) is 1.00. The lowest BCUT2D eigenvalue weighted by Crippen LogP contribution is -2.40. The largest absolute Gasteiger partial charge is 0.381 e. The number of nitrogens with one attached hydrogen (secondary N) is 1. The predicted molar refractivity (Wildman–Crippen MR) is 60.5 cm³/mol. The summed E-state index contributed by atoms with van der Waals surface area (Å²) in [6, 6.07) is 0.694. The van der Waals surface area contributed by atoms with E-state index in [9.17, 15) is 0 Å². The van der Waals surface area contributed by atoms with E-state index < -0.39 is 0 Å². The lowest BCUT2D eigenvalue weighted by atomic mass is 9.87. The molecule has 1 rings (SSSR count). The van der Waals surface area contributed by atoms with Crippen LogP contribution in [0.3, 0.4) is 0 Å². The molecule has 0 bridgehead atoms. The molecule has 0 aliphatic carbocycles. The van der Waals surface area contributed by atoms with Gasteiger partial charge in [0.2, 0.25) is 0 Å². The summed E-state index contributed by atoms with van der Waals surface area (Å²) in [5, 5.41) is 3.67. The van der Waals surface area contributed by atoms with Crippen LogP contribution in [0.4, 0.5) is 0 Å². The zero-order valence-corrected chi connectivity index (χ0v) is 9.94. The Morgan fingerprint density at radius 3 is 2.50 bits per heavy atom. The minimum atomic E-state index is 0.451. The molecule has 0 aromatic heterocycles. The third kappa shape index (κ3) is 4.43. The maximum atomic E-state index is 5.34. The van der Waals surface area contributed by atoms with Gasteiger partial charge in [0.25, 0.3) is 0 Å². The van der Waals surface area contributed by atoms with Gasteiger partial charge in [0, 0.05) is 25.8 Å². The molecule has 0 aromatic carbocycles. The standard InChI is InChI=1S/C12H25NO/c1-4-7-12(2,3)10-13-11-5-8-14-9-6-11/h11,13H,4-10H2,1-3H3. The first kappa shape index (κ1) is 12.0. The monoisotopic (exact) mass is 199 g/mol. The smallest absolute Gasteiger partial charge is 0.0480 e. The van der Waals surface area contributed by atoms with Crippen LogP contribution in [0.1, 0.15) is 46.5 Å². The van der Waals surface area contributed by atoms with Gasteiger partial charge in [-0.3, -0.25) is 0 Å². The van der Waals surface area contributed by atoms with Gasteiger partial charge in [-0.25, -0.2) is 0 Å². The molecule has 84 valence electrons. The summed E-state index contributed by atoms with van der Waals surface area (Å²) in [5.41, 5.74) is 0.451. The van der Waals surface area contributed by atoms with Crippen molar-refractivity contribution in [1.29, 1.82) is 0 Å². The Bertz CT molecular complexity index is 150. The lowest BCUT2D eigenvalue weighted by molar-refractivity contribution is 0.0748. The summed E-state index contributed by atoms with van der Waals surface area (Å²) < 4.78 is 5.34. The van der Waals surface area contributed by atoms with Crippen molar-refractivity contribution in [2.45, 2.75) is 52.5 Å². The molecule has 1 fully saturated rings. The molecule has 1 aliphatic heterocycles. The number of rotatable bonds is 5. The normalized spacial score (nSPS) is 19.9. The minimum absolute atomic E-state index is 0.451. The third-order valence-electron chi connectivity index (χ3n) is 3.02. The highest BCUT2D eigenvalue weighted by Crippen LogP contribution is 2.21. The Morgan fingerprint density at radius 1 is 1.29 bits per heavy atom. The molecule has 14 heavy (non-hydrogen) atoms. The van der Waals surface area contributed by atoms with E-state index in [0.717, 1.165) is 19.8 Å². The van der Waals surface area contributed by atoms with Gasteiger partial charge in [0.1, 0.15) is 0 Å². The topological polar surface area (TPSA) is 21.3 Å². The lowest BCUT2D eigenvalue weighted by Gasteiger charge is -2.30. The molecule has 0 aromatic rings. The second-order valence-corrected chi connectivity index (χ2v) is 5.18.